The minimum atomic E-state index is -1.53. The maximum Gasteiger partial charge on any atom is 0.335 e. The first kappa shape index (κ1) is 21.9. The van der Waals surface area contributed by atoms with Gasteiger partial charge in [0.05, 0.1) is 18.4 Å². The number of hydrogen-bond acceptors (Lipinski definition) is 9. The molecule has 0 aliphatic carbocycles. The van der Waals surface area contributed by atoms with Crippen molar-refractivity contribution in [2.24, 2.45) is 5.73 Å². The molecule has 4 rings (SSSR count). The monoisotopic (exact) mass is 461 g/mol. The molecular formula is C19H20ClN7O5. The van der Waals surface area contributed by atoms with Gasteiger partial charge in [0.1, 0.15) is 17.9 Å². The maximum atomic E-state index is 12.7. The zero-order valence-electron chi connectivity index (χ0n) is 16.5. The number of nitrogens with zero attached hydrogens (tertiary/aromatic N) is 4. The molecule has 5 atom stereocenters. The third kappa shape index (κ3) is 4.08. The first-order valence-electron chi connectivity index (χ1n) is 9.56. The van der Waals surface area contributed by atoms with Crippen LogP contribution in [0.1, 0.15) is 11.8 Å². The zero-order chi connectivity index (χ0) is 23.0. The second-order valence-electron chi connectivity index (χ2n) is 7.33. The molecule has 1 aromatic carbocycles. The van der Waals surface area contributed by atoms with E-state index in [0.29, 0.717) is 5.02 Å². The Hall–Kier alpha value is -3.32. The second kappa shape index (κ2) is 8.67. The van der Waals surface area contributed by atoms with Crippen molar-refractivity contribution in [3.63, 3.8) is 0 Å². The number of carboxylic acid groups (broad SMARTS) is 1. The van der Waals surface area contributed by atoms with Gasteiger partial charge in [0.2, 0.25) is 5.91 Å². The molecule has 1 saturated heterocycles. The van der Waals surface area contributed by atoms with Crippen molar-refractivity contribution in [1.29, 1.82) is 0 Å². The Morgan fingerprint density at radius 2 is 1.97 bits per heavy atom. The number of nitrogens with one attached hydrogen (secondary N) is 1. The van der Waals surface area contributed by atoms with E-state index >= 15 is 0 Å². The average molecular weight is 462 g/mol. The molecule has 168 valence electrons. The zero-order valence-corrected chi connectivity index (χ0v) is 17.3. The van der Waals surface area contributed by atoms with Gasteiger partial charge in [-0.3, -0.25) is 9.36 Å². The number of aliphatic hydroxyl groups excluding tert-OH is 1. The number of amides is 1. The third-order valence-electron chi connectivity index (χ3n) is 5.19. The molecule has 0 saturated carbocycles. The summed E-state index contributed by atoms with van der Waals surface area (Å²) >= 11 is 5.86. The molecule has 3 heterocycles. The number of halogens is 1. The van der Waals surface area contributed by atoms with Gasteiger partial charge in [-0.1, -0.05) is 23.7 Å². The van der Waals surface area contributed by atoms with Gasteiger partial charge in [0.25, 0.3) is 0 Å². The van der Waals surface area contributed by atoms with Crippen LogP contribution in [0, 0.1) is 0 Å². The van der Waals surface area contributed by atoms with Gasteiger partial charge in [0, 0.05) is 5.02 Å². The fourth-order valence-corrected chi connectivity index (χ4v) is 3.70. The molecule has 1 aliphatic heterocycles. The molecule has 2 aromatic heterocycles. The lowest BCUT2D eigenvalue weighted by molar-refractivity contribution is -0.152. The van der Waals surface area contributed by atoms with Crippen LogP contribution in [0.2, 0.25) is 5.02 Å². The number of carboxylic acids is 1. The number of rotatable bonds is 6. The second-order valence-corrected chi connectivity index (χ2v) is 7.77. The summed E-state index contributed by atoms with van der Waals surface area (Å²) in [5.74, 6) is -1.88. The quantitative estimate of drug-likeness (QED) is 0.318. The van der Waals surface area contributed by atoms with Crippen LogP contribution in [0.5, 0.6) is 0 Å². The van der Waals surface area contributed by atoms with Gasteiger partial charge in [-0.15, -0.1) is 0 Å². The first-order chi connectivity index (χ1) is 15.3. The fraction of sp³-hybridized carbons (Fsp3) is 0.316. The summed E-state index contributed by atoms with van der Waals surface area (Å²) in [6, 6.07) is 4.56. The van der Waals surface area contributed by atoms with Gasteiger partial charge in [0.15, 0.2) is 23.8 Å². The predicted octanol–water partition coefficient (Wildman–Crippen LogP) is -0.540. The minimum absolute atomic E-state index is 0.119. The Morgan fingerprint density at radius 1 is 1.25 bits per heavy atom. The number of ether oxygens (including phenoxy) is 1. The SMILES string of the molecule is Nc1ncnc2c1ncn2[C@@H]1O[C@H](C(=O)O)[C@@H](NC(=O)C(N)Cc2ccc(Cl)cc2)[C@H]1O. The van der Waals surface area contributed by atoms with E-state index in [4.69, 9.17) is 27.8 Å². The average Bonchev–Trinajstić information content (AvgIpc) is 3.32. The predicted molar refractivity (Wildman–Crippen MR) is 112 cm³/mol. The smallest absolute Gasteiger partial charge is 0.335 e. The highest BCUT2D eigenvalue weighted by atomic mass is 35.5. The number of carbonyl (C=O) groups is 2. The van der Waals surface area contributed by atoms with Crippen molar-refractivity contribution in [3.05, 3.63) is 47.5 Å². The van der Waals surface area contributed by atoms with E-state index in [1.165, 1.54) is 17.2 Å². The summed E-state index contributed by atoms with van der Waals surface area (Å²) in [5, 5.41) is 23.5. The minimum Gasteiger partial charge on any atom is -0.479 e. The van der Waals surface area contributed by atoms with Gasteiger partial charge >= 0.3 is 5.97 Å². The van der Waals surface area contributed by atoms with E-state index < -0.39 is 42.4 Å². The summed E-state index contributed by atoms with van der Waals surface area (Å²) in [7, 11) is 0. The Morgan fingerprint density at radius 3 is 2.66 bits per heavy atom. The maximum absolute atomic E-state index is 12.7. The molecule has 13 heteroatoms. The molecule has 1 unspecified atom stereocenters. The van der Waals surface area contributed by atoms with E-state index in [2.05, 4.69) is 20.3 Å². The molecule has 12 nitrogen and oxygen atoms in total. The van der Waals surface area contributed by atoms with Crippen molar-refractivity contribution in [1.82, 2.24) is 24.8 Å². The van der Waals surface area contributed by atoms with E-state index in [0.717, 1.165) is 5.56 Å². The van der Waals surface area contributed by atoms with Crippen molar-refractivity contribution in [2.45, 2.75) is 36.9 Å². The topological polar surface area (TPSA) is 192 Å². The van der Waals surface area contributed by atoms with E-state index in [-0.39, 0.29) is 23.4 Å². The molecule has 0 radical (unpaired) electrons. The van der Waals surface area contributed by atoms with Gasteiger partial charge < -0.3 is 31.7 Å². The normalized spacial score (nSPS) is 23.8. The summed E-state index contributed by atoms with van der Waals surface area (Å²) in [4.78, 5) is 36.4. The highest BCUT2D eigenvalue weighted by Gasteiger charge is 2.49. The van der Waals surface area contributed by atoms with E-state index in [1.54, 1.807) is 24.3 Å². The number of hydrogen-bond donors (Lipinski definition) is 5. The van der Waals surface area contributed by atoms with Crippen molar-refractivity contribution in [2.75, 3.05) is 5.73 Å². The Bertz CT molecular complexity index is 1150. The fourth-order valence-electron chi connectivity index (χ4n) is 3.57. The van der Waals surface area contributed by atoms with Crippen LogP contribution in [0.15, 0.2) is 36.9 Å². The van der Waals surface area contributed by atoms with Crippen LogP contribution < -0.4 is 16.8 Å². The number of fused-ring (bicyclic) bond motifs is 1. The van der Waals surface area contributed by atoms with Crippen LogP contribution in [-0.2, 0) is 20.7 Å². The molecule has 7 N–H and O–H groups in total. The van der Waals surface area contributed by atoms with Crippen LogP contribution in [0.3, 0.4) is 0 Å². The van der Waals surface area contributed by atoms with Crippen LogP contribution in [-0.4, -0.2) is 65.9 Å². The first-order valence-corrected chi connectivity index (χ1v) is 9.94. The summed E-state index contributed by atoms with van der Waals surface area (Å²) < 4.78 is 6.90. The number of carbonyl (C=O) groups excluding carboxylic acids is 1. The summed E-state index contributed by atoms with van der Waals surface area (Å²) in [5.41, 5.74) is 13.1. The number of anilines is 1. The standard InChI is InChI=1S/C19H20ClN7O5/c20-9-3-1-8(2-4-9)5-10(21)17(29)26-11-13(28)18(32-14(11)19(30)31)27-7-25-12-15(22)23-6-24-16(12)27/h1-4,6-7,10-11,13-14,18,28H,5,21H2,(H,26,29)(H,30,31)(H2,22,23,24)/t10?,11-,13+,14-,18+/m0/s1. The number of nitrogen functional groups attached to an aromatic ring is 1. The molecule has 3 aromatic rings. The van der Waals surface area contributed by atoms with Crippen LogP contribution in [0.4, 0.5) is 5.82 Å². The number of nitrogens with two attached hydrogens (primary N) is 2. The summed E-state index contributed by atoms with van der Waals surface area (Å²) in [6.07, 6.45) is -1.45. The highest BCUT2D eigenvalue weighted by Crippen LogP contribution is 2.32. The van der Waals surface area contributed by atoms with Crippen molar-refractivity contribution >= 4 is 40.5 Å². The van der Waals surface area contributed by atoms with Gasteiger partial charge in [-0.2, -0.15) is 0 Å². The largest absolute Gasteiger partial charge is 0.479 e. The molecule has 1 aliphatic rings. The van der Waals surface area contributed by atoms with Crippen LogP contribution >= 0.6 is 11.6 Å². The lowest BCUT2D eigenvalue weighted by Gasteiger charge is -2.22. The molecular weight excluding hydrogens is 442 g/mol. The third-order valence-corrected chi connectivity index (χ3v) is 5.44. The number of aliphatic hydroxyl groups is 1. The van der Waals surface area contributed by atoms with E-state index in [9.17, 15) is 19.8 Å². The van der Waals surface area contributed by atoms with Gasteiger partial charge in [-0.05, 0) is 24.1 Å². The Labute approximate surface area is 186 Å². The lowest BCUT2D eigenvalue weighted by Crippen LogP contribution is -2.54. The Balaban J connectivity index is 1.53. The van der Waals surface area contributed by atoms with Crippen molar-refractivity contribution < 1.29 is 24.5 Å². The molecule has 1 amide bonds. The van der Waals surface area contributed by atoms with Crippen molar-refractivity contribution in [3.8, 4) is 0 Å². The number of aromatic nitrogens is 4. The van der Waals surface area contributed by atoms with E-state index in [1.807, 2.05) is 0 Å². The summed E-state index contributed by atoms with van der Waals surface area (Å²) in [6.45, 7) is 0. The molecule has 32 heavy (non-hydrogen) atoms. The number of aliphatic carboxylic acids is 1. The Kier molecular flexibility index (Phi) is 5.93. The molecule has 0 bridgehead atoms. The molecule has 0 spiro atoms. The lowest BCUT2D eigenvalue weighted by atomic mass is 10.0. The van der Waals surface area contributed by atoms with Crippen LogP contribution in [0.25, 0.3) is 11.2 Å². The number of benzene rings is 1. The molecule has 1 fully saturated rings. The van der Waals surface area contributed by atoms with Gasteiger partial charge in [-0.25, -0.2) is 19.7 Å². The highest BCUT2D eigenvalue weighted by molar-refractivity contribution is 6.30. The number of imidazole rings is 1.